The smallest absolute Gasteiger partial charge is 0.0704 e. The van der Waals surface area contributed by atoms with Crippen molar-refractivity contribution in [2.24, 2.45) is 7.05 Å². The molecule has 0 saturated carbocycles. The zero-order valence-electron chi connectivity index (χ0n) is 10.6. The summed E-state index contributed by atoms with van der Waals surface area (Å²) < 4.78 is 1.78. The van der Waals surface area contributed by atoms with Crippen molar-refractivity contribution in [2.45, 2.75) is 19.1 Å². The summed E-state index contributed by atoms with van der Waals surface area (Å²) in [4.78, 5) is 0. The minimum atomic E-state index is -0.357. The lowest BCUT2D eigenvalue weighted by Crippen LogP contribution is -2.27. The second-order valence-electron chi connectivity index (χ2n) is 4.50. The van der Waals surface area contributed by atoms with E-state index in [1.165, 1.54) is 0 Å². The molecule has 2 N–H and O–H groups in total. The van der Waals surface area contributed by atoms with E-state index in [1.54, 1.807) is 4.68 Å². The van der Waals surface area contributed by atoms with Gasteiger partial charge in [-0.2, -0.15) is 5.10 Å². The summed E-state index contributed by atoms with van der Waals surface area (Å²) in [6, 6.07) is 10.0. The van der Waals surface area contributed by atoms with E-state index < -0.39 is 0 Å². The molecule has 0 fully saturated rings. The van der Waals surface area contributed by atoms with Crippen LogP contribution < -0.4 is 5.32 Å². The van der Waals surface area contributed by atoms with Crippen molar-refractivity contribution < 1.29 is 5.11 Å². The summed E-state index contributed by atoms with van der Waals surface area (Å²) in [5.74, 6) is 0. The Kier molecular flexibility index (Phi) is 4.50. The van der Waals surface area contributed by atoms with Crippen LogP contribution in [0.5, 0.6) is 0 Å². The number of rotatable bonds is 6. The summed E-state index contributed by atoms with van der Waals surface area (Å²) in [5.41, 5.74) is 2.29. The molecule has 0 bridgehead atoms. The van der Waals surface area contributed by atoms with E-state index in [4.69, 9.17) is 0 Å². The molecule has 0 aliphatic carbocycles. The van der Waals surface area contributed by atoms with Crippen molar-refractivity contribution in [2.75, 3.05) is 6.54 Å². The number of aliphatic hydroxyl groups is 1. The van der Waals surface area contributed by atoms with Crippen LogP contribution >= 0.6 is 0 Å². The van der Waals surface area contributed by atoms with E-state index in [0.717, 1.165) is 17.7 Å². The zero-order chi connectivity index (χ0) is 12.8. The first kappa shape index (κ1) is 12.8. The molecule has 18 heavy (non-hydrogen) atoms. The van der Waals surface area contributed by atoms with Gasteiger partial charge in [0, 0.05) is 31.9 Å². The maximum Gasteiger partial charge on any atom is 0.0704 e. The molecule has 4 heteroatoms. The molecule has 1 atom stereocenters. The van der Waals surface area contributed by atoms with Crippen LogP contribution in [0.2, 0.25) is 0 Å². The van der Waals surface area contributed by atoms with E-state index in [1.807, 2.05) is 49.8 Å². The number of aromatic nitrogens is 2. The van der Waals surface area contributed by atoms with Gasteiger partial charge in [0.2, 0.25) is 0 Å². The Morgan fingerprint density at radius 2 is 2.06 bits per heavy atom. The average Bonchev–Trinajstić information content (AvgIpc) is 2.76. The zero-order valence-corrected chi connectivity index (χ0v) is 10.6. The molecule has 0 aliphatic rings. The molecule has 4 nitrogen and oxygen atoms in total. The van der Waals surface area contributed by atoms with E-state index >= 15 is 0 Å². The predicted octanol–water partition coefficient (Wildman–Crippen LogP) is 1.11. The SMILES string of the molecule is Cn1cc(CNCC(O)Cc2ccccc2)cn1. The minimum absolute atomic E-state index is 0.357. The summed E-state index contributed by atoms with van der Waals surface area (Å²) >= 11 is 0. The van der Waals surface area contributed by atoms with Crippen LogP contribution in [0.3, 0.4) is 0 Å². The lowest BCUT2D eigenvalue weighted by Gasteiger charge is -2.11. The number of benzene rings is 1. The maximum absolute atomic E-state index is 9.90. The summed E-state index contributed by atoms with van der Waals surface area (Å²) in [6.45, 7) is 1.32. The molecular weight excluding hydrogens is 226 g/mol. The molecule has 0 amide bonds. The van der Waals surface area contributed by atoms with E-state index in [2.05, 4.69) is 10.4 Å². The van der Waals surface area contributed by atoms with Crippen molar-refractivity contribution in [3.05, 3.63) is 53.9 Å². The van der Waals surface area contributed by atoms with Gasteiger partial charge in [0.25, 0.3) is 0 Å². The molecule has 0 spiro atoms. The topological polar surface area (TPSA) is 50.1 Å². The predicted molar refractivity (Wildman–Crippen MR) is 71.1 cm³/mol. The number of hydrogen-bond acceptors (Lipinski definition) is 3. The average molecular weight is 245 g/mol. The van der Waals surface area contributed by atoms with Crippen LogP contribution in [0.4, 0.5) is 0 Å². The number of aliphatic hydroxyl groups excluding tert-OH is 1. The molecule has 0 aliphatic heterocycles. The summed E-state index contributed by atoms with van der Waals surface area (Å²) in [5, 5.41) is 17.2. The lowest BCUT2D eigenvalue weighted by molar-refractivity contribution is 0.171. The van der Waals surface area contributed by atoms with Crippen molar-refractivity contribution >= 4 is 0 Å². The highest BCUT2D eigenvalue weighted by atomic mass is 16.3. The highest BCUT2D eigenvalue weighted by Gasteiger charge is 2.05. The molecular formula is C14H19N3O. The third kappa shape index (κ3) is 3.98. The Bertz CT molecular complexity index is 467. The fourth-order valence-electron chi connectivity index (χ4n) is 1.90. The van der Waals surface area contributed by atoms with Gasteiger partial charge < -0.3 is 10.4 Å². The van der Waals surface area contributed by atoms with E-state index in [9.17, 15) is 5.11 Å². The Balaban J connectivity index is 1.70. The largest absolute Gasteiger partial charge is 0.391 e. The standard InChI is InChI=1S/C14H19N3O/c1-17-11-13(9-16-17)8-15-10-14(18)7-12-5-3-2-4-6-12/h2-6,9,11,14-15,18H,7-8,10H2,1H3. The third-order valence-corrected chi connectivity index (χ3v) is 2.78. The second kappa shape index (κ2) is 6.33. The van der Waals surface area contributed by atoms with Crippen LogP contribution in [0.15, 0.2) is 42.7 Å². The molecule has 0 radical (unpaired) electrons. The van der Waals surface area contributed by atoms with Gasteiger partial charge in [-0.15, -0.1) is 0 Å². The van der Waals surface area contributed by atoms with E-state index in [-0.39, 0.29) is 6.10 Å². The molecule has 0 saturated heterocycles. The van der Waals surface area contributed by atoms with Gasteiger partial charge in [-0.1, -0.05) is 30.3 Å². The summed E-state index contributed by atoms with van der Waals surface area (Å²) in [6.07, 6.45) is 4.12. The monoisotopic (exact) mass is 245 g/mol. The lowest BCUT2D eigenvalue weighted by atomic mass is 10.1. The number of hydrogen-bond donors (Lipinski definition) is 2. The first-order valence-electron chi connectivity index (χ1n) is 6.14. The van der Waals surface area contributed by atoms with Crippen molar-refractivity contribution in [3.63, 3.8) is 0 Å². The Labute approximate surface area is 107 Å². The Morgan fingerprint density at radius 3 is 2.72 bits per heavy atom. The van der Waals surface area contributed by atoms with Crippen LogP contribution in [-0.4, -0.2) is 27.5 Å². The molecule has 2 rings (SSSR count). The quantitative estimate of drug-likeness (QED) is 0.801. The van der Waals surface area contributed by atoms with Gasteiger partial charge in [0.15, 0.2) is 0 Å². The van der Waals surface area contributed by atoms with Gasteiger partial charge in [-0.05, 0) is 12.0 Å². The van der Waals surface area contributed by atoms with Crippen LogP contribution in [0.25, 0.3) is 0 Å². The second-order valence-corrected chi connectivity index (χ2v) is 4.50. The minimum Gasteiger partial charge on any atom is -0.391 e. The maximum atomic E-state index is 9.90. The molecule has 1 aromatic carbocycles. The first-order chi connectivity index (χ1) is 8.74. The van der Waals surface area contributed by atoms with Gasteiger partial charge in [0.05, 0.1) is 12.3 Å². The normalized spacial score (nSPS) is 12.6. The fourth-order valence-corrected chi connectivity index (χ4v) is 1.90. The van der Waals surface area contributed by atoms with Crippen molar-refractivity contribution in [3.8, 4) is 0 Å². The van der Waals surface area contributed by atoms with Gasteiger partial charge in [-0.25, -0.2) is 0 Å². The highest BCUT2D eigenvalue weighted by Crippen LogP contribution is 2.02. The number of nitrogens with zero attached hydrogens (tertiary/aromatic N) is 2. The van der Waals surface area contributed by atoms with Crippen LogP contribution in [-0.2, 0) is 20.0 Å². The molecule has 96 valence electrons. The first-order valence-corrected chi connectivity index (χ1v) is 6.14. The molecule has 1 aromatic heterocycles. The van der Waals surface area contributed by atoms with Crippen LogP contribution in [0.1, 0.15) is 11.1 Å². The highest BCUT2D eigenvalue weighted by molar-refractivity contribution is 5.15. The summed E-state index contributed by atoms with van der Waals surface area (Å²) in [7, 11) is 1.90. The molecule has 2 aromatic rings. The Hall–Kier alpha value is -1.65. The van der Waals surface area contributed by atoms with Crippen LogP contribution in [0, 0.1) is 0 Å². The van der Waals surface area contributed by atoms with Crippen molar-refractivity contribution in [1.82, 2.24) is 15.1 Å². The molecule has 1 unspecified atom stereocenters. The fraction of sp³-hybridized carbons (Fsp3) is 0.357. The Morgan fingerprint density at radius 1 is 1.28 bits per heavy atom. The molecule has 1 heterocycles. The van der Waals surface area contributed by atoms with Gasteiger partial charge in [0.1, 0.15) is 0 Å². The van der Waals surface area contributed by atoms with Crippen molar-refractivity contribution in [1.29, 1.82) is 0 Å². The number of aryl methyl sites for hydroxylation is 1. The van der Waals surface area contributed by atoms with Gasteiger partial charge in [-0.3, -0.25) is 4.68 Å². The third-order valence-electron chi connectivity index (χ3n) is 2.78. The number of nitrogens with one attached hydrogen (secondary N) is 1. The van der Waals surface area contributed by atoms with Gasteiger partial charge >= 0.3 is 0 Å². The van der Waals surface area contributed by atoms with E-state index in [0.29, 0.717) is 13.0 Å².